The van der Waals surface area contributed by atoms with E-state index in [4.69, 9.17) is 0 Å². The Labute approximate surface area is 107 Å². The minimum Gasteiger partial charge on any atom is -0.342 e. The van der Waals surface area contributed by atoms with E-state index >= 15 is 0 Å². The van der Waals surface area contributed by atoms with Crippen LogP contribution in [0.4, 0.5) is 0 Å². The Morgan fingerprint density at radius 1 is 1.17 bits per heavy atom. The molecule has 1 aliphatic rings. The van der Waals surface area contributed by atoms with Crippen LogP contribution >= 0.6 is 0 Å². The van der Waals surface area contributed by atoms with E-state index in [0.717, 1.165) is 6.42 Å². The molecule has 96 valence electrons. The quantitative estimate of drug-likeness (QED) is 0.836. The first-order chi connectivity index (χ1) is 8.49. The highest BCUT2D eigenvalue weighted by Gasteiger charge is 2.38. The molecule has 1 atom stereocenters. The lowest BCUT2D eigenvalue weighted by Gasteiger charge is -2.34. The number of carbonyl (C=O) groups is 2. The van der Waals surface area contributed by atoms with Crippen molar-refractivity contribution in [3.8, 4) is 0 Å². The molecule has 1 aromatic carbocycles. The molecule has 1 unspecified atom stereocenters. The Hall–Kier alpha value is -1.84. The summed E-state index contributed by atoms with van der Waals surface area (Å²) in [6.07, 6.45) is 1.40. The van der Waals surface area contributed by atoms with Gasteiger partial charge in [-0.1, -0.05) is 30.3 Å². The molecule has 0 aliphatic carbocycles. The normalized spacial score (nSPS) is 22.2. The summed E-state index contributed by atoms with van der Waals surface area (Å²) >= 11 is 0. The molecule has 2 amide bonds. The zero-order valence-electron chi connectivity index (χ0n) is 10.7. The van der Waals surface area contributed by atoms with Gasteiger partial charge in [0.25, 0.3) is 0 Å². The third-order valence-electron chi connectivity index (χ3n) is 3.19. The minimum absolute atomic E-state index is 0.101. The van der Waals surface area contributed by atoms with E-state index in [2.05, 4.69) is 10.6 Å². The van der Waals surface area contributed by atoms with Crippen molar-refractivity contribution < 1.29 is 9.59 Å². The molecule has 1 aromatic rings. The molecular weight excluding hydrogens is 228 g/mol. The summed E-state index contributed by atoms with van der Waals surface area (Å²) in [5.41, 5.74) is 0.365. The molecule has 2 N–H and O–H groups in total. The average Bonchev–Trinajstić information content (AvgIpc) is 2.33. The van der Waals surface area contributed by atoms with E-state index in [-0.39, 0.29) is 11.8 Å². The average molecular weight is 246 g/mol. The third kappa shape index (κ3) is 2.70. The molecule has 4 heteroatoms. The zero-order chi connectivity index (χ0) is 13.2. The van der Waals surface area contributed by atoms with E-state index in [1.165, 1.54) is 5.56 Å². The Morgan fingerprint density at radius 3 is 2.50 bits per heavy atom. The summed E-state index contributed by atoms with van der Waals surface area (Å²) in [6, 6.07) is 9.52. The van der Waals surface area contributed by atoms with Crippen molar-refractivity contribution in [3.63, 3.8) is 0 Å². The van der Waals surface area contributed by atoms with Gasteiger partial charge >= 0.3 is 0 Å². The second-order valence-electron chi connectivity index (χ2n) is 5.16. The van der Waals surface area contributed by atoms with E-state index in [1.807, 2.05) is 30.3 Å². The smallest absolute Gasteiger partial charge is 0.245 e. The highest BCUT2D eigenvalue weighted by molar-refractivity contribution is 5.99. The van der Waals surface area contributed by atoms with Crippen LogP contribution in [0.3, 0.4) is 0 Å². The summed E-state index contributed by atoms with van der Waals surface area (Å²) in [4.78, 5) is 23.6. The second kappa shape index (κ2) is 4.80. The molecule has 18 heavy (non-hydrogen) atoms. The predicted molar refractivity (Wildman–Crippen MR) is 68.9 cm³/mol. The first kappa shape index (κ1) is 12.6. The fraction of sp³-hybridized carbons (Fsp3) is 0.429. The van der Waals surface area contributed by atoms with Crippen LogP contribution in [-0.2, 0) is 16.0 Å². The van der Waals surface area contributed by atoms with Crippen LogP contribution in [0.1, 0.15) is 25.8 Å². The van der Waals surface area contributed by atoms with Gasteiger partial charge in [-0.05, 0) is 32.3 Å². The molecule has 0 bridgehead atoms. The molecule has 4 nitrogen and oxygen atoms in total. The van der Waals surface area contributed by atoms with Crippen molar-refractivity contribution in [1.82, 2.24) is 10.6 Å². The predicted octanol–water partition coefficient (Wildman–Crippen LogP) is 1.01. The molecule has 1 heterocycles. The van der Waals surface area contributed by atoms with Gasteiger partial charge < -0.3 is 10.6 Å². The van der Waals surface area contributed by atoms with Gasteiger partial charge in [0.1, 0.15) is 11.6 Å². The molecule has 0 spiro atoms. The zero-order valence-corrected chi connectivity index (χ0v) is 10.7. The summed E-state index contributed by atoms with van der Waals surface area (Å²) in [5.74, 6) is -0.226. The van der Waals surface area contributed by atoms with Gasteiger partial charge in [0.15, 0.2) is 0 Å². The van der Waals surface area contributed by atoms with Crippen molar-refractivity contribution in [2.75, 3.05) is 0 Å². The summed E-state index contributed by atoms with van der Waals surface area (Å²) < 4.78 is 0. The van der Waals surface area contributed by atoms with Crippen LogP contribution in [0, 0.1) is 0 Å². The number of carbonyl (C=O) groups excluding carboxylic acids is 2. The Morgan fingerprint density at radius 2 is 1.83 bits per heavy atom. The van der Waals surface area contributed by atoms with E-state index in [9.17, 15) is 9.59 Å². The minimum atomic E-state index is -0.805. The third-order valence-corrected chi connectivity index (χ3v) is 3.19. The van der Waals surface area contributed by atoms with Crippen LogP contribution < -0.4 is 10.6 Å². The standard InChI is InChI=1S/C14H18N2O2/c1-14(2)13(18)15-11(12(17)16-14)9-8-10-6-4-3-5-7-10/h3-7,11H,8-9H2,1-2H3,(H,15,18)(H,16,17). The number of amides is 2. The first-order valence-electron chi connectivity index (χ1n) is 6.16. The van der Waals surface area contributed by atoms with E-state index in [1.54, 1.807) is 13.8 Å². The van der Waals surface area contributed by atoms with Gasteiger partial charge in [-0.3, -0.25) is 9.59 Å². The molecule has 1 aliphatic heterocycles. The molecule has 1 saturated heterocycles. The van der Waals surface area contributed by atoms with Crippen molar-refractivity contribution in [2.45, 2.75) is 38.3 Å². The Bertz CT molecular complexity index is 454. The molecule has 1 fully saturated rings. The fourth-order valence-corrected chi connectivity index (χ4v) is 2.02. The van der Waals surface area contributed by atoms with Gasteiger partial charge in [0, 0.05) is 0 Å². The number of hydrogen-bond donors (Lipinski definition) is 2. The maximum Gasteiger partial charge on any atom is 0.245 e. The van der Waals surface area contributed by atoms with E-state index < -0.39 is 11.6 Å². The largest absolute Gasteiger partial charge is 0.342 e. The lowest BCUT2D eigenvalue weighted by atomic mass is 9.96. The van der Waals surface area contributed by atoms with Crippen LogP contribution in [0.15, 0.2) is 30.3 Å². The molecule has 0 aromatic heterocycles. The van der Waals surface area contributed by atoms with Crippen LogP contribution in [0.2, 0.25) is 0 Å². The van der Waals surface area contributed by atoms with Crippen molar-refractivity contribution in [1.29, 1.82) is 0 Å². The van der Waals surface area contributed by atoms with Gasteiger partial charge in [0.2, 0.25) is 11.8 Å². The van der Waals surface area contributed by atoms with Crippen LogP contribution in [0.25, 0.3) is 0 Å². The summed E-state index contributed by atoms with van der Waals surface area (Å²) in [5, 5.41) is 5.52. The van der Waals surface area contributed by atoms with Gasteiger partial charge in [-0.25, -0.2) is 0 Å². The van der Waals surface area contributed by atoms with Crippen LogP contribution in [0.5, 0.6) is 0 Å². The monoisotopic (exact) mass is 246 g/mol. The molecular formula is C14H18N2O2. The highest BCUT2D eigenvalue weighted by Crippen LogP contribution is 2.12. The van der Waals surface area contributed by atoms with Crippen LogP contribution in [-0.4, -0.2) is 23.4 Å². The van der Waals surface area contributed by atoms with Crippen molar-refractivity contribution in [2.24, 2.45) is 0 Å². The Balaban J connectivity index is 1.95. The fourth-order valence-electron chi connectivity index (χ4n) is 2.02. The number of benzene rings is 1. The van der Waals surface area contributed by atoms with Crippen molar-refractivity contribution in [3.05, 3.63) is 35.9 Å². The lowest BCUT2D eigenvalue weighted by Crippen LogP contribution is -2.66. The highest BCUT2D eigenvalue weighted by atomic mass is 16.2. The van der Waals surface area contributed by atoms with Gasteiger partial charge in [-0.2, -0.15) is 0 Å². The topological polar surface area (TPSA) is 58.2 Å². The van der Waals surface area contributed by atoms with Gasteiger partial charge in [0.05, 0.1) is 0 Å². The molecule has 0 radical (unpaired) electrons. The number of aryl methyl sites for hydroxylation is 1. The van der Waals surface area contributed by atoms with Gasteiger partial charge in [-0.15, -0.1) is 0 Å². The number of nitrogens with one attached hydrogen (secondary N) is 2. The van der Waals surface area contributed by atoms with E-state index in [0.29, 0.717) is 6.42 Å². The first-order valence-corrected chi connectivity index (χ1v) is 6.16. The number of rotatable bonds is 3. The Kier molecular flexibility index (Phi) is 3.36. The maximum absolute atomic E-state index is 11.9. The lowest BCUT2D eigenvalue weighted by molar-refractivity contribution is -0.140. The summed E-state index contributed by atoms with van der Waals surface area (Å²) in [6.45, 7) is 3.40. The SMILES string of the molecule is CC1(C)NC(=O)C(CCc2ccccc2)NC1=O. The molecule has 0 saturated carbocycles. The maximum atomic E-state index is 11.9. The van der Waals surface area contributed by atoms with Crippen molar-refractivity contribution >= 4 is 11.8 Å². The number of hydrogen-bond acceptors (Lipinski definition) is 2. The number of piperazine rings is 1. The molecule has 2 rings (SSSR count). The second-order valence-corrected chi connectivity index (χ2v) is 5.16. The summed E-state index contributed by atoms with van der Waals surface area (Å²) in [7, 11) is 0.